The van der Waals surface area contributed by atoms with E-state index in [9.17, 15) is 9.90 Å². The van der Waals surface area contributed by atoms with Gasteiger partial charge in [0.15, 0.2) is 0 Å². The molecule has 100 valence electrons. The third kappa shape index (κ3) is 3.22. The summed E-state index contributed by atoms with van der Waals surface area (Å²) in [5, 5.41) is 15.0. The Morgan fingerprint density at radius 3 is 2.68 bits per heavy atom. The number of hydrogen-bond donors (Lipinski definition) is 2. The summed E-state index contributed by atoms with van der Waals surface area (Å²) in [6.07, 6.45) is 0. The Balaban J connectivity index is 2.03. The molecule has 0 saturated heterocycles. The molecule has 2 rings (SSSR count). The molecule has 4 heteroatoms. The van der Waals surface area contributed by atoms with E-state index in [-0.39, 0.29) is 12.5 Å². The molecule has 1 aromatic carbocycles. The average Bonchev–Trinajstić information content (AvgIpc) is 2.91. The Bertz CT molecular complexity index is 561. The molecule has 0 unspecified atom stereocenters. The van der Waals surface area contributed by atoms with E-state index in [1.54, 1.807) is 13.0 Å². The second-order valence-corrected chi connectivity index (χ2v) is 5.70. The van der Waals surface area contributed by atoms with Crippen molar-refractivity contribution in [3.8, 4) is 0 Å². The number of benzene rings is 1. The zero-order valence-electron chi connectivity index (χ0n) is 11.0. The number of rotatable bonds is 4. The lowest BCUT2D eigenvalue weighted by atomic mass is 10.0. The summed E-state index contributed by atoms with van der Waals surface area (Å²) < 4.78 is 0. The van der Waals surface area contributed by atoms with Crippen molar-refractivity contribution in [3.63, 3.8) is 0 Å². The highest BCUT2D eigenvalue weighted by atomic mass is 32.1. The third-order valence-electron chi connectivity index (χ3n) is 3.03. The largest absolute Gasteiger partial charge is 0.383 e. The molecule has 3 nitrogen and oxygen atoms in total. The number of aryl methyl sites for hydroxylation is 1. The quantitative estimate of drug-likeness (QED) is 0.901. The molecule has 0 fully saturated rings. The van der Waals surface area contributed by atoms with Gasteiger partial charge in [0, 0.05) is 10.4 Å². The first kappa shape index (κ1) is 13.8. The summed E-state index contributed by atoms with van der Waals surface area (Å²) in [6, 6.07) is 11.2. The van der Waals surface area contributed by atoms with Gasteiger partial charge in [0.25, 0.3) is 5.91 Å². The normalized spacial score (nSPS) is 13.8. The number of aliphatic hydroxyl groups is 1. The molecule has 2 aromatic rings. The van der Waals surface area contributed by atoms with Crippen molar-refractivity contribution in [2.24, 2.45) is 0 Å². The number of thiophene rings is 1. The average molecular weight is 275 g/mol. The van der Waals surface area contributed by atoms with Gasteiger partial charge in [0.1, 0.15) is 5.60 Å². The van der Waals surface area contributed by atoms with E-state index in [0.717, 1.165) is 10.4 Å². The molecule has 1 heterocycles. The summed E-state index contributed by atoms with van der Waals surface area (Å²) >= 11 is 1.48. The molecule has 0 bridgehead atoms. The molecule has 0 saturated carbocycles. The number of carbonyl (C=O) groups excluding carboxylic acids is 1. The van der Waals surface area contributed by atoms with E-state index >= 15 is 0 Å². The van der Waals surface area contributed by atoms with Crippen LogP contribution in [0, 0.1) is 6.92 Å². The van der Waals surface area contributed by atoms with Gasteiger partial charge in [-0.2, -0.15) is 0 Å². The highest BCUT2D eigenvalue weighted by molar-refractivity contribution is 7.10. The van der Waals surface area contributed by atoms with E-state index in [4.69, 9.17) is 0 Å². The Morgan fingerprint density at radius 2 is 2.05 bits per heavy atom. The summed E-state index contributed by atoms with van der Waals surface area (Å²) in [4.78, 5) is 12.9. The predicted octanol–water partition coefficient (Wildman–Crippen LogP) is 2.69. The van der Waals surface area contributed by atoms with Crippen molar-refractivity contribution in [3.05, 3.63) is 57.8 Å². The molecule has 0 radical (unpaired) electrons. The summed E-state index contributed by atoms with van der Waals surface area (Å²) in [5.74, 6) is -0.157. The van der Waals surface area contributed by atoms with Crippen molar-refractivity contribution in [2.75, 3.05) is 6.54 Å². The maximum atomic E-state index is 12.1. The summed E-state index contributed by atoms with van der Waals surface area (Å²) in [5.41, 5.74) is 0.534. The fourth-order valence-corrected chi connectivity index (χ4v) is 2.63. The molecule has 2 N–H and O–H groups in total. The molecule has 0 spiro atoms. The lowest BCUT2D eigenvalue weighted by Crippen LogP contribution is -2.38. The van der Waals surface area contributed by atoms with Crippen LogP contribution >= 0.6 is 11.3 Å². The smallest absolute Gasteiger partial charge is 0.251 e. The highest BCUT2D eigenvalue weighted by Crippen LogP contribution is 2.24. The van der Waals surface area contributed by atoms with Crippen LogP contribution in [0.25, 0.3) is 0 Å². The van der Waals surface area contributed by atoms with E-state index < -0.39 is 5.60 Å². The Morgan fingerprint density at radius 1 is 1.32 bits per heavy atom. The molecule has 1 amide bonds. The Labute approximate surface area is 116 Å². The van der Waals surface area contributed by atoms with Gasteiger partial charge in [0.05, 0.1) is 6.54 Å². The SMILES string of the molecule is Cc1ccccc1C(=O)NC[C@@](C)(O)c1cccs1. The molecule has 0 aliphatic carbocycles. The van der Waals surface area contributed by atoms with Crippen LogP contribution in [0.5, 0.6) is 0 Å². The molecule has 1 atom stereocenters. The molecule has 19 heavy (non-hydrogen) atoms. The van der Waals surface area contributed by atoms with Gasteiger partial charge < -0.3 is 10.4 Å². The van der Waals surface area contributed by atoms with Crippen LogP contribution in [0.15, 0.2) is 41.8 Å². The Hall–Kier alpha value is -1.65. The lowest BCUT2D eigenvalue weighted by molar-refractivity contribution is 0.0556. The maximum Gasteiger partial charge on any atom is 0.251 e. The number of amides is 1. The van der Waals surface area contributed by atoms with E-state index in [1.807, 2.05) is 42.6 Å². The van der Waals surface area contributed by atoms with Gasteiger partial charge in [-0.1, -0.05) is 24.3 Å². The van der Waals surface area contributed by atoms with Crippen molar-refractivity contribution in [1.29, 1.82) is 0 Å². The van der Waals surface area contributed by atoms with E-state index in [2.05, 4.69) is 5.32 Å². The summed E-state index contributed by atoms with van der Waals surface area (Å²) in [7, 11) is 0. The van der Waals surface area contributed by atoms with Gasteiger partial charge >= 0.3 is 0 Å². The van der Waals surface area contributed by atoms with Crippen LogP contribution < -0.4 is 5.32 Å². The van der Waals surface area contributed by atoms with Crippen LogP contribution in [0.3, 0.4) is 0 Å². The minimum Gasteiger partial charge on any atom is -0.383 e. The molecular formula is C15H17NO2S. The topological polar surface area (TPSA) is 49.3 Å². The van der Waals surface area contributed by atoms with Gasteiger partial charge in [0.2, 0.25) is 0 Å². The van der Waals surface area contributed by atoms with Gasteiger partial charge in [-0.15, -0.1) is 11.3 Å². The number of nitrogens with one attached hydrogen (secondary N) is 1. The fraction of sp³-hybridized carbons (Fsp3) is 0.267. The zero-order valence-corrected chi connectivity index (χ0v) is 11.8. The van der Waals surface area contributed by atoms with Crippen LogP contribution in [-0.2, 0) is 5.60 Å². The van der Waals surface area contributed by atoms with Gasteiger partial charge in [-0.3, -0.25) is 4.79 Å². The van der Waals surface area contributed by atoms with Crippen molar-refractivity contribution in [2.45, 2.75) is 19.4 Å². The first-order chi connectivity index (χ1) is 9.00. The second kappa shape index (κ2) is 5.55. The molecular weight excluding hydrogens is 258 g/mol. The first-order valence-corrected chi connectivity index (χ1v) is 6.99. The Kier molecular flexibility index (Phi) is 4.02. The minimum atomic E-state index is -1.04. The standard InChI is InChI=1S/C15H17NO2S/c1-11-6-3-4-7-12(11)14(17)16-10-15(2,18)13-8-5-9-19-13/h3-9,18H,10H2,1-2H3,(H,16,17)/t15-/m1/s1. The number of hydrogen-bond acceptors (Lipinski definition) is 3. The summed E-state index contributed by atoms with van der Waals surface area (Å²) in [6.45, 7) is 3.80. The second-order valence-electron chi connectivity index (χ2n) is 4.75. The third-order valence-corrected chi connectivity index (χ3v) is 4.16. The molecule has 0 aliphatic heterocycles. The molecule has 1 aromatic heterocycles. The van der Waals surface area contributed by atoms with Crippen molar-refractivity contribution in [1.82, 2.24) is 5.32 Å². The van der Waals surface area contributed by atoms with Crippen molar-refractivity contribution < 1.29 is 9.90 Å². The van der Waals surface area contributed by atoms with Crippen LogP contribution in [0.4, 0.5) is 0 Å². The van der Waals surface area contributed by atoms with Gasteiger partial charge in [-0.05, 0) is 36.9 Å². The minimum absolute atomic E-state index is 0.157. The predicted molar refractivity (Wildman–Crippen MR) is 77.4 cm³/mol. The van der Waals surface area contributed by atoms with Gasteiger partial charge in [-0.25, -0.2) is 0 Å². The zero-order chi connectivity index (χ0) is 13.9. The first-order valence-electron chi connectivity index (χ1n) is 6.11. The van der Waals surface area contributed by atoms with Crippen LogP contribution in [-0.4, -0.2) is 17.6 Å². The monoisotopic (exact) mass is 275 g/mol. The van der Waals surface area contributed by atoms with E-state index in [1.165, 1.54) is 11.3 Å². The van der Waals surface area contributed by atoms with Crippen molar-refractivity contribution >= 4 is 17.2 Å². The number of carbonyl (C=O) groups is 1. The van der Waals surface area contributed by atoms with Crippen LogP contribution in [0.2, 0.25) is 0 Å². The van der Waals surface area contributed by atoms with E-state index in [0.29, 0.717) is 5.56 Å². The highest BCUT2D eigenvalue weighted by Gasteiger charge is 2.25. The fourth-order valence-electron chi connectivity index (χ4n) is 1.85. The maximum absolute atomic E-state index is 12.1. The molecule has 0 aliphatic rings. The lowest BCUT2D eigenvalue weighted by Gasteiger charge is -2.22. The van der Waals surface area contributed by atoms with Crippen LogP contribution in [0.1, 0.15) is 27.7 Å².